The maximum atomic E-state index is 12.0. The van der Waals surface area contributed by atoms with Crippen molar-refractivity contribution in [2.75, 3.05) is 19.0 Å². The lowest BCUT2D eigenvalue weighted by atomic mass is 10.1. The number of halogens is 1. The fourth-order valence-electron chi connectivity index (χ4n) is 2.22. The SMILES string of the molecule is CCOc1cc(/C=C/C(=O)Nc2ccc(C(N)=O)cc2)cc(Cl)c1OC. The third-order valence-electron chi connectivity index (χ3n) is 3.40. The lowest BCUT2D eigenvalue weighted by molar-refractivity contribution is -0.111. The van der Waals surface area contributed by atoms with Crippen molar-refractivity contribution in [1.29, 1.82) is 0 Å². The highest BCUT2D eigenvalue weighted by molar-refractivity contribution is 6.32. The summed E-state index contributed by atoms with van der Waals surface area (Å²) in [5, 5.41) is 3.08. The van der Waals surface area contributed by atoms with E-state index in [4.69, 9.17) is 26.8 Å². The molecule has 0 aliphatic heterocycles. The topological polar surface area (TPSA) is 90.6 Å². The first kappa shape index (κ1) is 19.3. The molecule has 0 saturated heterocycles. The molecule has 6 nitrogen and oxygen atoms in total. The van der Waals surface area contributed by atoms with Crippen LogP contribution in [-0.2, 0) is 4.79 Å². The Hall–Kier alpha value is -2.99. The number of hydrogen-bond donors (Lipinski definition) is 2. The highest BCUT2D eigenvalue weighted by Gasteiger charge is 2.10. The van der Waals surface area contributed by atoms with Gasteiger partial charge in [0.15, 0.2) is 11.5 Å². The molecule has 0 fully saturated rings. The number of carbonyl (C=O) groups is 2. The zero-order valence-electron chi connectivity index (χ0n) is 14.4. The van der Waals surface area contributed by atoms with E-state index in [2.05, 4.69) is 5.32 Å². The van der Waals surface area contributed by atoms with Crippen molar-refractivity contribution in [3.63, 3.8) is 0 Å². The summed E-state index contributed by atoms with van der Waals surface area (Å²) in [5.41, 5.74) is 6.79. The lowest BCUT2D eigenvalue weighted by Gasteiger charge is -2.11. The predicted octanol–water partition coefficient (Wildman–Crippen LogP) is 3.50. The van der Waals surface area contributed by atoms with Crippen molar-refractivity contribution in [2.45, 2.75) is 6.92 Å². The molecule has 0 aromatic heterocycles. The average Bonchev–Trinajstić information content (AvgIpc) is 2.60. The van der Waals surface area contributed by atoms with Crippen molar-refractivity contribution in [3.8, 4) is 11.5 Å². The fourth-order valence-corrected chi connectivity index (χ4v) is 2.52. The molecule has 2 aromatic rings. The van der Waals surface area contributed by atoms with Gasteiger partial charge in [0.2, 0.25) is 11.8 Å². The van der Waals surface area contributed by atoms with E-state index < -0.39 is 5.91 Å². The number of primary amides is 1. The first-order chi connectivity index (χ1) is 12.4. The zero-order valence-corrected chi connectivity index (χ0v) is 15.2. The van der Waals surface area contributed by atoms with Gasteiger partial charge in [-0.2, -0.15) is 0 Å². The monoisotopic (exact) mass is 374 g/mol. The Kier molecular flexibility index (Phi) is 6.63. The van der Waals surface area contributed by atoms with Gasteiger partial charge in [-0.25, -0.2) is 0 Å². The molecule has 0 heterocycles. The van der Waals surface area contributed by atoms with Crippen LogP contribution in [0.15, 0.2) is 42.5 Å². The van der Waals surface area contributed by atoms with Crippen LogP contribution >= 0.6 is 11.6 Å². The number of benzene rings is 2. The Morgan fingerprint density at radius 1 is 1.23 bits per heavy atom. The molecule has 26 heavy (non-hydrogen) atoms. The average molecular weight is 375 g/mol. The lowest BCUT2D eigenvalue weighted by Crippen LogP contribution is -2.11. The van der Waals surface area contributed by atoms with Crippen molar-refractivity contribution in [2.24, 2.45) is 5.73 Å². The van der Waals surface area contributed by atoms with Crippen LogP contribution in [0.1, 0.15) is 22.8 Å². The second kappa shape index (κ2) is 8.92. The standard InChI is InChI=1S/C19H19ClN2O4/c1-3-26-16-11-12(10-15(20)18(16)25-2)4-9-17(23)22-14-7-5-13(6-8-14)19(21)24/h4-11H,3H2,1-2H3,(H2,21,24)(H,22,23)/b9-4+. The number of anilines is 1. The largest absolute Gasteiger partial charge is 0.491 e. The minimum absolute atomic E-state index is 0.332. The van der Waals surface area contributed by atoms with E-state index in [1.165, 1.54) is 13.2 Å². The third kappa shape index (κ3) is 5.00. The van der Waals surface area contributed by atoms with E-state index >= 15 is 0 Å². The van der Waals surface area contributed by atoms with Crippen molar-refractivity contribution in [3.05, 3.63) is 58.6 Å². The first-order valence-electron chi connectivity index (χ1n) is 7.83. The van der Waals surface area contributed by atoms with Gasteiger partial charge in [0.05, 0.1) is 18.7 Å². The van der Waals surface area contributed by atoms with E-state index in [-0.39, 0.29) is 5.91 Å². The van der Waals surface area contributed by atoms with Crippen LogP contribution in [0.2, 0.25) is 5.02 Å². The smallest absolute Gasteiger partial charge is 0.248 e. The summed E-state index contributed by atoms with van der Waals surface area (Å²) in [4.78, 5) is 23.1. The molecule has 0 atom stereocenters. The van der Waals surface area contributed by atoms with Crippen LogP contribution in [0.4, 0.5) is 5.69 Å². The maximum Gasteiger partial charge on any atom is 0.248 e. The van der Waals surface area contributed by atoms with E-state index in [0.29, 0.717) is 39.9 Å². The van der Waals surface area contributed by atoms with Gasteiger partial charge >= 0.3 is 0 Å². The van der Waals surface area contributed by atoms with Crippen LogP contribution < -0.4 is 20.5 Å². The normalized spacial score (nSPS) is 10.6. The van der Waals surface area contributed by atoms with Gasteiger partial charge in [-0.05, 0) is 55.0 Å². The van der Waals surface area contributed by atoms with Gasteiger partial charge in [-0.15, -0.1) is 0 Å². The Balaban J connectivity index is 2.10. The molecule has 0 bridgehead atoms. The highest BCUT2D eigenvalue weighted by Crippen LogP contribution is 2.36. The molecule has 0 unspecified atom stereocenters. The molecule has 0 aliphatic rings. The number of amides is 2. The van der Waals surface area contributed by atoms with Gasteiger partial charge in [0.1, 0.15) is 0 Å². The number of carbonyl (C=O) groups excluding carboxylic acids is 2. The second-order valence-corrected chi connectivity index (χ2v) is 5.64. The molecule has 3 N–H and O–H groups in total. The molecule has 7 heteroatoms. The third-order valence-corrected chi connectivity index (χ3v) is 3.68. The summed E-state index contributed by atoms with van der Waals surface area (Å²) in [7, 11) is 1.51. The molecule has 0 radical (unpaired) electrons. The van der Waals surface area contributed by atoms with Crippen LogP contribution in [-0.4, -0.2) is 25.5 Å². The quantitative estimate of drug-likeness (QED) is 0.726. The summed E-state index contributed by atoms with van der Waals surface area (Å²) in [6, 6.07) is 9.69. The number of nitrogens with one attached hydrogen (secondary N) is 1. The van der Waals surface area contributed by atoms with Gasteiger partial charge in [-0.1, -0.05) is 11.6 Å². The van der Waals surface area contributed by atoms with Crippen LogP contribution in [0.3, 0.4) is 0 Å². The summed E-state index contributed by atoms with van der Waals surface area (Å²) in [5.74, 6) is 0.0974. The number of nitrogens with two attached hydrogens (primary N) is 1. The van der Waals surface area contributed by atoms with Crippen LogP contribution in [0.25, 0.3) is 6.08 Å². The van der Waals surface area contributed by atoms with Gasteiger partial charge in [0.25, 0.3) is 0 Å². The number of hydrogen-bond acceptors (Lipinski definition) is 4. The maximum absolute atomic E-state index is 12.0. The second-order valence-electron chi connectivity index (χ2n) is 5.23. The number of rotatable bonds is 7. The molecular formula is C19H19ClN2O4. The van der Waals surface area contributed by atoms with Crippen molar-refractivity contribution < 1.29 is 19.1 Å². The minimum atomic E-state index is -0.524. The molecule has 136 valence electrons. The molecule has 2 amide bonds. The van der Waals surface area contributed by atoms with Crippen LogP contribution in [0, 0.1) is 0 Å². The summed E-state index contributed by atoms with van der Waals surface area (Å²) in [6.07, 6.45) is 2.98. The summed E-state index contributed by atoms with van der Waals surface area (Å²) < 4.78 is 10.7. The van der Waals surface area contributed by atoms with Crippen molar-refractivity contribution in [1.82, 2.24) is 0 Å². The molecule has 2 rings (SSSR count). The molecular weight excluding hydrogens is 356 g/mol. The predicted molar refractivity (Wildman–Crippen MR) is 102 cm³/mol. The van der Waals surface area contributed by atoms with Gasteiger partial charge in [0, 0.05) is 17.3 Å². The van der Waals surface area contributed by atoms with E-state index in [0.717, 1.165) is 0 Å². The van der Waals surface area contributed by atoms with E-state index in [1.54, 1.807) is 42.5 Å². The zero-order chi connectivity index (χ0) is 19.1. The summed E-state index contributed by atoms with van der Waals surface area (Å²) >= 11 is 6.18. The van der Waals surface area contributed by atoms with Crippen molar-refractivity contribution >= 4 is 35.2 Å². The number of methoxy groups -OCH3 is 1. The van der Waals surface area contributed by atoms with Crippen LogP contribution in [0.5, 0.6) is 11.5 Å². The summed E-state index contributed by atoms with van der Waals surface area (Å²) in [6.45, 7) is 2.31. The van der Waals surface area contributed by atoms with Gasteiger partial charge < -0.3 is 20.5 Å². The van der Waals surface area contributed by atoms with E-state index in [1.807, 2.05) is 6.92 Å². The Labute approximate surface area is 156 Å². The first-order valence-corrected chi connectivity index (χ1v) is 8.21. The fraction of sp³-hybridized carbons (Fsp3) is 0.158. The Morgan fingerprint density at radius 3 is 2.50 bits per heavy atom. The number of ether oxygens (including phenoxy) is 2. The molecule has 0 spiro atoms. The highest BCUT2D eigenvalue weighted by atomic mass is 35.5. The molecule has 0 saturated carbocycles. The molecule has 0 aliphatic carbocycles. The minimum Gasteiger partial charge on any atom is -0.491 e. The Morgan fingerprint density at radius 2 is 1.92 bits per heavy atom. The van der Waals surface area contributed by atoms with E-state index in [9.17, 15) is 9.59 Å². The Bertz CT molecular complexity index is 832. The molecule has 2 aromatic carbocycles. The van der Waals surface area contributed by atoms with Gasteiger partial charge in [-0.3, -0.25) is 9.59 Å².